The number of benzene rings is 1. The summed E-state index contributed by atoms with van der Waals surface area (Å²) in [5.41, 5.74) is 7.65. The van der Waals surface area contributed by atoms with Crippen LogP contribution in [0.4, 0.5) is 0 Å². The molecule has 0 saturated carbocycles. The first-order valence-corrected chi connectivity index (χ1v) is 6.31. The summed E-state index contributed by atoms with van der Waals surface area (Å²) in [6.07, 6.45) is 1.58. The van der Waals surface area contributed by atoms with E-state index in [4.69, 9.17) is 10.2 Å². The molecule has 0 aliphatic heterocycles. The van der Waals surface area contributed by atoms with Gasteiger partial charge in [0, 0.05) is 11.1 Å². The summed E-state index contributed by atoms with van der Waals surface area (Å²) in [6, 6.07) is 9.07. The van der Waals surface area contributed by atoms with Crippen LogP contribution < -0.4 is 11.1 Å². The molecule has 0 unspecified atom stereocenters. The van der Waals surface area contributed by atoms with Crippen LogP contribution >= 0.6 is 0 Å². The zero-order chi connectivity index (χ0) is 14.4. The fraction of sp³-hybridized carbons (Fsp3) is 0.188. The van der Waals surface area contributed by atoms with E-state index in [-0.39, 0.29) is 5.91 Å². The minimum atomic E-state index is -0.143. The molecule has 0 atom stereocenters. The summed E-state index contributed by atoms with van der Waals surface area (Å²) >= 11 is 0. The average molecular weight is 268 g/mol. The van der Waals surface area contributed by atoms with Gasteiger partial charge in [-0.1, -0.05) is 17.9 Å². The summed E-state index contributed by atoms with van der Waals surface area (Å²) in [7, 11) is 0. The van der Waals surface area contributed by atoms with Gasteiger partial charge in [0.15, 0.2) is 0 Å². The Hall–Kier alpha value is -2.51. The van der Waals surface area contributed by atoms with Gasteiger partial charge in [-0.05, 0) is 36.8 Å². The summed E-state index contributed by atoms with van der Waals surface area (Å²) in [5.74, 6) is 6.34. The number of rotatable bonds is 3. The van der Waals surface area contributed by atoms with Crippen LogP contribution in [-0.2, 0) is 6.54 Å². The van der Waals surface area contributed by atoms with Gasteiger partial charge in [-0.15, -0.1) is 0 Å². The largest absolute Gasteiger partial charge is 0.467 e. The molecule has 1 aromatic carbocycles. The minimum Gasteiger partial charge on any atom is -0.467 e. The highest BCUT2D eigenvalue weighted by Crippen LogP contribution is 2.13. The van der Waals surface area contributed by atoms with E-state index in [0.29, 0.717) is 18.7 Å². The third-order valence-electron chi connectivity index (χ3n) is 2.91. The van der Waals surface area contributed by atoms with Gasteiger partial charge in [-0.2, -0.15) is 0 Å². The summed E-state index contributed by atoms with van der Waals surface area (Å²) in [6.45, 7) is 2.54. The Morgan fingerprint density at radius 1 is 1.35 bits per heavy atom. The Balaban J connectivity index is 2.13. The molecule has 102 valence electrons. The lowest BCUT2D eigenvalue weighted by atomic mass is 10.0. The Bertz CT molecular complexity index is 649. The maximum absolute atomic E-state index is 12.2. The smallest absolute Gasteiger partial charge is 0.251 e. The monoisotopic (exact) mass is 268 g/mol. The third kappa shape index (κ3) is 3.28. The molecule has 0 aliphatic carbocycles. The van der Waals surface area contributed by atoms with Crippen LogP contribution in [0.15, 0.2) is 41.0 Å². The molecule has 4 heteroatoms. The zero-order valence-corrected chi connectivity index (χ0v) is 11.3. The number of hydrogen-bond donors (Lipinski definition) is 2. The van der Waals surface area contributed by atoms with Crippen LogP contribution in [0, 0.1) is 18.8 Å². The normalized spacial score (nSPS) is 9.70. The maximum Gasteiger partial charge on any atom is 0.251 e. The quantitative estimate of drug-likeness (QED) is 0.834. The molecule has 0 fully saturated rings. The zero-order valence-electron chi connectivity index (χ0n) is 11.3. The van der Waals surface area contributed by atoms with E-state index >= 15 is 0 Å². The van der Waals surface area contributed by atoms with Crippen molar-refractivity contribution in [1.29, 1.82) is 0 Å². The molecule has 2 aromatic rings. The van der Waals surface area contributed by atoms with Crippen LogP contribution in [0.3, 0.4) is 0 Å². The second-order valence-electron chi connectivity index (χ2n) is 4.25. The lowest BCUT2D eigenvalue weighted by Gasteiger charge is -2.08. The molecular formula is C16H16N2O2. The molecule has 20 heavy (non-hydrogen) atoms. The van der Waals surface area contributed by atoms with Gasteiger partial charge >= 0.3 is 0 Å². The highest BCUT2D eigenvalue weighted by atomic mass is 16.3. The van der Waals surface area contributed by atoms with Crippen molar-refractivity contribution in [2.24, 2.45) is 5.73 Å². The first-order valence-electron chi connectivity index (χ1n) is 6.31. The fourth-order valence-electron chi connectivity index (χ4n) is 1.84. The number of amides is 1. The van der Waals surface area contributed by atoms with Gasteiger partial charge in [0.25, 0.3) is 5.91 Å². The number of furan rings is 1. The number of hydrogen-bond acceptors (Lipinski definition) is 3. The predicted octanol–water partition coefficient (Wildman–Crippen LogP) is 1.83. The topological polar surface area (TPSA) is 68.3 Å². The van der Waals surface area contributed by atoms with E-state index in [9.17, 15) is 4.79 Å². The standard InChI is InChI=1S/C16H16N2O2/c1-12-13(6-3-9-17)5-2-8-15(12)16(19)18-11-14-7-4-10-20-14/h2,4-5,7-8,10H,9,11,17H2,1H3,(H,18,19). The molecular weight excluding hydrogens is 252 g/mol. The van der Waals surface area contributed by atoms with E-state index in [2.05, 4.69) is 17.2 Å². The van der Waals surface area contributed by atoms with Gasteiger partial charge in [0.1, 0.15) is 5.76 Å². The Morgan fingerprint density at radius 2 is 2.20 bits per heavy atom. The van der Waals surface area contributed by atoms with E-state index < -0.39 is 0 Å². The molecule has 3 N–H and O–H groups in total. The molecule has 0 saturated heterocycles. The van der Waals surface area contributed by atoms with Gasteiger partial charge in [-0.25, -0.2) is 0 Å². The van der Waals surface area contributed by atoms with Crippen molar-refractivity contribution < 1.29 is 9.21 Å². The number of carbonyl (C=O) groups excluding carboxylic acids is 1. The first-order chi connectivity index (χ1) is 9.72. The van der Waals surface area contributed by atoms with Crippen molar-refractivity contribution in [2.75, 3.05) is 6.54 Å². The van der Waals surface area contributed by atoms with E-state index in [1.807, 2.05) is 25.1 Å². The summed E-state index contributed by atoms with van der Waals surface area (Å²) < 4.78 is 5.18. The molecule has 1 heterocycles. The number of nitrogens with one attached hydrogen (secondary N) is 1. The molecule has 0 radical (unpaired) electrons. The molecule has 4 nitrogen and oxygen atoms in total. The van der Waals surface area contributed by atoms with E-state index in [0.717, 1.165) is 16.9 Å². The Kier molecular flexibility index (Phi) is 4.59. The lowest BCUT2D eigenvalue weighted by Crippen LogP contribution is -2.23. The number of nitrogens with two attached hydrogens (primary N) is 1. The lowest BCUT2D eigenvalue weighted by molar-refractivity contribution is 0.0947. The van der Waals surface area contributed by atoms with Gasteiger partial charge in [0.2, 0.25) is 0 Å². The maximum atomic E-state index is 12.2. The molecule has 1 aromatic heterocycles. The van der Waals surface area contributed by atoms with Crippen LogP contribution in [0.5, 0.6) is 0 Å². The van der Waals surface area contributed by atoms with Crippen LogP contribution in [0.25, 0.3) is 0 Å². The molecule has 1 amide bonds. The Morgan fingerprint density at radius 3 is 2.90 bits per heavy atom. The number of carbonyl (C=O) groups is 1. The van der Waals surface area contributed by atoms with Crippen LogP contribution in [-0.4, -0.2) is 12.5 Å². The van der Waals surface area contributed by atoms with Crippen molar-refractivity contribution in [3.05, 3.63) is 59.0 Å². The first kappa shape index (κ1) is 13.9. The summed E-state index contributed by atoms with van der Waals surface area (Å²) in [5, 5.41) is 2.82. The second kappa shape index (κ2) is 6.60. The van der Waals surface area contributed by atoms with Gasteiger partial charge < -0.3 is 15.5 Å². The van der Waals surface area contributed by atoms with Crippen molar-refractivity contribution in [3.8, 4) is 11.8 Å². The third-order valence-corrected chi connectivity index (χ3v) is 2.91. The van der Waals surface area contributed by atoms with E-state index in [1.54, 1.807) is 18.4 Å². The summed E-state index contributed by atoms with van der Waals surface area (Å²) in [4.78, 5) is 12.2. The molecule has 2 rings (SSSR count). The van der Waals surface area contributed by atoms with Crippen molar-refractivity contribution in [1.82, 2.24) is 5.32 Å². The predicted molar refractivity (Wildman–Crippen MR) is 77.0 cm³/mol. The molecule has 0 aliphatic rings. The van der Waals surface area contributed by atoms with Crippen molar-refractivity contribution in [2.45, 2.75) is 13.5 Å². The van der Waals surface area contributed by atoms with Crippen LogP contribution in [0.1, 0.15) is 27.2 Å². The molecule has 0 bridgehead atoms. The van der Waals surface area contributed by atoms with Crippen molar-refractivity contribution in [3.63, 3.8) is 0 Å². The van der Waals surface area contributed by atoms with Gasteiger partial charge in [0.05, 0.1) is 19.4 Å². The second-order valence-corrected chi connectivity index (χ2v) is 4.25. The minimum absolute atomic E-state index is 0.143. The Labute approximate surface area is 118 Å². The SMILES string of the molecule is Cc1c(C#CCN)cccc1C(=O)NCc1ccco1. The fourth-order valence-corrected chi connectivity index (χ4v) is 1.84. The van der Waals surface area contributed by atoms with Gasteiger partial charge in [-0.3, -0.25) is 4.79 Å². The average Bonchev–Trinajstić information content (AvgIpc) is 2.97. The highest BCUT2D eigenvalue weighted by molar-refractivity contribution is 5.96. The highest BCUT2D eigenvalue weighted by Gasteiger charge is 2.11. The molecule has 0 spiro atoms. The van der Waals surface area contributed by atoms with Crippen molar-refractivity contribution >= 4 is 5.91 Å². The van der Waals surface area contributed by atoms with E-state index in [1.165, 1.54) is 0 Å². The van der Waals surface area contributed by atoms with Crippen LogP contribution in [0.2, 0.25) is 0 Å².